The van der Waals surface area contributed by atoms with E-state index >= 15 is 0 Å². The zero-order chi connectivity index (χ0) is 25.9. The summed E-state index contributed by atoms with van der Waals surface area (Å²) in [5.41, 5.74) is 3.36. The van der Waals surface area contributed by atoms with Crippen LogP contribution in [0.15, 0.2) is 92.1 Å². The number of benzene rings is 3. The summed E-state index contributed by atoms with van der Waals surface area (Å²) in [6, 6.07) is 19.0. The van der Waals surface area contributed by atoms with Crippen molar-refractivity contribution >= 4 is 45.5 Å². The number of rotatable bonds is 6. The third kappa shape index (κ3) is 4.85. The van der Waals surface area contributed by atoms with E-state index in [4.69, 9.17) is 20.8 Å². The fourth-order valence-electron chi connectivity index (χ4n) is 3.86. The van der Waals surface area contributed by atoms with Gasteiger partial charge in [-0.25, -0.2) is 10.1 Å². The molecule has 0 fully saturated rings. The number of aromatic nitrogens is 2. The highest BCUT2D eigenvalue weighted by molar-refractivity contribution is 6.31. The van der Waals surface area contributed by atoms with Gasteiger partial charge >= 0.3 is 0 Å². The van der Waals surface area contributed by atoms with Crippen molar-refractivity contribution < 1.29 is 13.9 Å². The summed E-state index contributed by atoms with van der Waals surface area (Å²) in [4.78, 5) is 38.3. The summed E-state index contributed by atoms with van der Waals surface area (Å²) in [5, 5.41) is 10.1. The number of ether oxygens (including phenoxy) is 1. The number of nitrogens with zero attached hydrogens (tertiary/aromatic N) is 3. The van der Waals surface area contributed by atoms with Crippen molar-refractivity contribution in [3.63, 3.8) is 0 Å². The molecule has 10 heteroatoms. The van der Waals surface area contributed by atoms with E-state index in [2.05, 4.69) is 15.6 Å². The number of amides is 1. The summed E-state index contributed by atoms with van der Waals surface area (Å²) in [7, 11) is 1.58. The summed E-state index contributed by atoms with van der Waals surface area (Å²) < 4.78 is 11.7. The number of halogens is 1. The van der Waals surface area contributed by atoms with Gasteiger partial charge in [0.05, 0.1) is 35.4 Å². The number of nitrogens with one attached hydrogen (secondary N) is 1. The second kappa shape index (κ2) is 10.1. The molecular formula is C27H19ClN4O5. The smallest absolute Gasteiger partial charge is 0.275 e. The monoisotopic (exact) mass is 514 g/mol. The van der Waals surface area contributed by atoms with Gasteiger partial charge in [-0.2, -0.15) is 10.2 Å². The zero-order valence-electron chi connectivity index (χ0n) is 19.5. The first-order valence-electron chi connectivity index (χ1n) is 11.1. The highest BCUT2D eigenvalue weighted by atomic mass is 35.5. The molecule has 0 unspecified atom stereocenters. The van der Waals surface area contributed by atoms with Crippen molar-refractivity contribution in [2.45, 2.75) is 6.54 Å². The molecule has 37 heavy (non-hydrogen) atoms. The molecule has 0 saturated heterocycles. The number of hydrogen-bond donors (Lipinski definition) is 1. The highest BCUT2D eigenvalue weighted by Gasteiger charge is 2.14. The largest absolute Gasteiger partial charge is 0.497 e. The second-order valence-electron chi connectivity index (χ2n) is 8.04. The quantitative estimate of drug-likeness (QED) is 0.271. The van der Waals surface area contributed by atoms with Gasteiger partial charge < -0.3 is 9.15 Å². The van der Waals surface area contributed by atoms with E-state index in [1.54, 1.807) is 49.6 Å². The Kier molecular flexibility index (Phi) is 6.53. The van der Waals surface area contributed by atoms with E-state index in [1.807, 2.05) is 18.2 Å². The summed E-state index contributed by atoms with van der Waals surface area (Å²) in [6.45, 7) is -0.383. The number of hydrogen-bond acceptors (Lipinski definition) is 7. The molecule has 0 bridgehead atoms. The van der Waals surface area contributed by atoms with Gasteiger partial charge in [0, 0.05) is 16.0 Å². The van der Waals surface area contributed by atoms with Crippen LogP contribution < -0.4 is 21.2 Å². The van der Waals surface area contributed by atoms with Crippen LogP contribution in [0.4, 0.5) is 0 Å². The fourth-order valence-corrected chi connectivity index (χ4v) is 4.03. The molecule has 0 radical (unpaired) electrons. The summed E-state index contributed by atoms with van der Waals surface area (Å²) >= 11 is 5.97. The average Bonchev–Trinajstić information content (AvgIpc) is 2.92. The third-order valence-corrected chi connectivity index (χ3v) is 5.91. The van der Waals surface area contributed by atoms with Crippen LogP contribution in [-0.2, 0) is 11.3 Å². The Balaban J connectivity index is 1.41. The van der Waals surface area contributed by atoms with Crippen molar-refractivity contribution in [2.24, 2.45) is 5.10 Å². The first-order chi connectivity index (χ1) is 17.9. The second-order valence-corrected chi connectivity index (χ2v) is 8.48. The molecular weight excluding hydrogens is 496 g/mol. The lowest BCUT2D eigenvalue weighted by Gasteiger charge is -2.11. The first-order valence-corrected chi connectivity index (χ1v) is 11.5. The first kappa shape index (κ1) is 24.0. The van der Waals surface area contributed by atoms with Gasteiger partial charge in [-0.15, -0.1) is 0 Å². The number of hydrazone groups is 1. The topological polar surface area (TPSA) is 116 Å². The fraction of sp³-hybridized carbons (Fsp3) is 0.0741. The molecule has 184 valence electrons. The van der Waals surface area contributed by atoms with E-state index < -0.39 is 11.5 Å². The summed E-state index contributed by atoms with van der Waals surface area (Å²) in [5.74, 6) is 0.0807. The Bertz CT molecular complexity index is 1790. The Morgan fingerprint density at radius 2 is 1.84 bits per heavy atom. The molecule has 0 atom stereocenters. The van der Waals surface area contributed by atoms with Crippen molar-refractivity contribution in [3.8, 4) is 17.0 Å². The molecule has 0 aliphatic heterocycles. The van der Waals surface area contributed by atoms with Gasteiger partial charge in [0.15, 0.2) is 0 Å². The zero-order valence-corrected chi connectivity index (χ0v) is 20.2. The van der Waals surface area contributed by atoms with Crippen molar-refractivity contribution in [2.75, 3.05) is 7.11 Å². The van der Waals surface area contributed by atoms with E-state index in [9.17, 15) is 14.4 Å². The number of carbonyl (C=O) groups excluding carboxylic acids is 1. The van der Waals surface area contributed by atoms with Crippen LogP contribution in [0.2, 0.25) is 5.02 Å². The van der Waals surface area contributed by atoms with Gasteiger partial charge in [-0.1, -0.05) is 29.8 Å². The maximum Gasteiger partial charge on any atom is 0.275 e. The van der Waals surface area contributed by atoms with Crippen LogP contribution in [0.3, 0.4) is 0 Å². The highest BCUT2D eigenvalue weighted by Crippen LogP contribution is 2.26. The third-order valence-electron chi connectivity index (χ3n) is 5.68. The average molecular weight is 515 g/mol. The van der Waals surface area contributed by atoms with Crippen LogP contribution in [0.25, 0.3) is 33.0 Å². The van der Waals surface area contributed by atoms with E-state index in [1.165, 1.54) is 18.5 Å². The molecule has 2 heterocycles. The van der Waals surface area contributed by atoms with Crippen LogP contribution in [0, 0.1) is 0 Å². The lowest BCUT2D eigenvalue weighted by atomic mass is 10.0. The lowest BCUT2D eigenvalue weighted by molar-refractivity contribution is -0.121. The Morgan fingerprint density at radius 3 is 2.59 bits per heavy atom. The molecule has 9 nitrogen and oxygen atoms in total. The molecule has 2 aromatic heterocycles. The maximum atomic E-state index is 13.0. The van der Waals surface area contributed by atoms with Gasteiger partial charge in [0.1, 0.15) is 24.1 Å². The van der Waals surface area contributed by atoms with Crippen LogP contribution in [-0.4, -0.2) is 29.0 Å². The molecule has 0 spiro atoms. The normalized spacial score (nSPS) is 11.3. The minimum Gasteiger partial charge on any atom is -0.497 e. The predicted molar refractivity (Wildman–Crippen MR) is 141 cm³/mol. The number of methoxy groups -OCH3 is 1. The van der Waals surface area contributed by atoms with Gasteiger partial charge in [0.25, 0.3) is 11.5 Å². The van der Waals surface area contributed by atoms with Crippen LogP contribution >= 0.6 is 11.6 Å². The van der Waals surface area contributed by atoms with E-state index in [0.717, 1.165) is 10.2 Å². The molecule has 0 aliphatic carbocycles. The molecule has 5 aromatic rings. The molecule has 1 amide bonds. The summed E-state index contributed by atoms with van der Waals surface area (Å²) in [6.07, 6.45) is 2.41. The van der Waals surface area contributed by atoms with Crippen molar-refractivity contribution in [1.29, 1.82) is 0 Å². The Hall–Kier alpha value is -4.76. The maximum absolute atomic E-state index is 13.0. The minimum atomic E-state index is -0.602. The van der Waals surface area contributed by atoms with Gasteiger partial charge in [0.2, 0.25) is 5.43 Å². The number of carbonyl (C=O) groups is 1. The minimum absolute atomic E-state index is 0.123. The molecule has 1 N–H and O–H groups in total. The van der Waals surface area contributed by atoms with Gasteiger partial charge in [-0.05, 0) is 48.5 Å². The lowest BCUT2D eigenvalue weighted by Crippen LogP contribution is -2.32. The predicted octanol–water partition coefficient (Wildman–Crippen LogP) is 3.98. The van der Waals surface area contributed by atoms with E-state index in [-0.39, 0.29) is 17.5 Å². The molecule has 5 rings (SSSR count). The van der Waals surface area contributed by atoms with Crippen molar-refractivity contribution in [1.82, 2.24) is 15.2 Å². The van der Waals surface area contributed by atoms with E-state index in [0.29, 0.717) is 38.2 Å². The van der Waals surface area contributed by atoms with Crippen LogP contribution in [0.5, 0.6) is 5.75 Å². The Labute approximate surface area is 214 Å². The van der Waals surface area contributed by atoms with Crippen LogP contribution in [0.1, 0.15) is 5.56 Å². The standard InChI is InChI=1S/C27H19ClN4O5/c1-36-19-9-6-16(7-10-19)25-20-4-2-3-5-21(20)27(35)32(31-25)14-24(33)30-29-13-17-15-37-23-11-8-18(28)12-22(23)26(17)34/h2-13,15H,14H2,1H3,(H,30,33)/b29-13+. The van der Waals surface area contributed by atoms with Gasteiger partial charge in [-0.3, -0.25) is 14.4 Å². The SMILES string of the molecule is COc1ccc(-c2nn(CC(=O)N/N=C/c3coc4ccc(Cl)cc4c3=O)c(=O)c3ccccc23)cc1. The molecule has 0 saturated carbocycles. The number of fused-ring (bicyclic) bond motifs is 2. The molecule has 3 aromatic carbocycles. The Morgan fingerprint density at radius 1 is 1.08 bits per heavy atom. The van der Waals surface area contributed by atoms with Crippen molar-refractivity contribution in [3.05, 3.63) is 104 Å². The molecule has 0 aliphatic rings.